The Morgan fingerprint density at radius 3 is 2.50 bits per heavy atom. The van der Waals surface area contributed by atoms with Crippen LogP contribution in [0.3, 0.4) is 0 Å². The molecule has 0 spiro atoms. The van der Waals surface area contributed by atoms with Crippen LogP contribution in [0.2, 0.25) is 0 Å². The van der Waals surface area contributed by atoms with Crippen molar-refractivity contribution in [1.82, 2.24) is 5.32 Å². The van der Waals surface area contributed by atoms with Crippen molar-refractivity contribution in [3.8, 4) is 5.75 Å². The van der Waals surface area contributed by atoms with Crippen LogP contribution in [0.1, 0.15) is 25.5 Å². The van der Waals surface area contributed by atoms with Gasteiger partial charge < -0.3 is 10.1 Å². The number of methoxy groups -OCH3 is 1. The summed E-state index contributed by atoms with van der Waals surface area (Å²) < 4.78 is 32.0. The number of nitrogens with one attached hydrogen (secondary N) is 2. The first-order chi connectivity index (χ1) is 11.4. The number of carbonyl (C=O) groups is 1. The van der Waals surface area contributed by atoms with E-state index in [0.29, 0.717) is 17.0 Å². The lowest BCUT2D eigenvalue weighted by Gasteiger charge is -2.21. The molecule has 0 aromatic heterocycles. The number of para-hydroxylation sites is 2. The van der Waals surface area contributed by atoms with Crippen molar-refractivity contribution in [3.63, 3.8) is 0 Å². The van der Waals surface area contributed by atoms with Gasteiger partial charge in [0.05, 0.1) is 18.8 Å². The number of rotatable bonds is 6. The fourth-order valence-corrected chi connectivity index (χ4v) is 2.38. The summed E-state index contributed by atoms with van der Waals surface area (Å²) in [7, 11) is 1.52. The Bertz CT molecular complexity index is 722. The number of benzene rings is 2. The third-order valence-corrected chi connectivity index (χ3v) is 3.69. The number of hydrogen-bond donors (Lipinski definition) is 2. The normalized spacial score (nSPS) is 13.2. The van der Waals surface area contributed by atoms with Crippen LogP contribution in [0.5, 0.6) is 5.75 Å². The van der Waals surface area contributed by atoms with E-state index in [2.05, 4.69) is 10.6 Å². The summed E-state index contributed by atoms with van der Waals surface area (Å²) >= 11 is 0. The van der Waals surface area contributed by atoms with Crippen LogP contribution < -0.4 is 15.4 Å². The van der Waals surface area contributed by atoms with Gasteiger partial charge in [0.1, 0.15) is 17.4 Å². The van der Waals surface area contributed by atoms with Gasteiger partial charge >= 0.3 is 0 Å². The van der Waals surface area contributed by atoms with Gasteiger partial charge in [0.15, 0.2) is 0 Å². The molecule has 4 nitrogen and oxygen atoms in total. The molecule has 2 aromatic rings. The van der Waals surface area contributed by atoms with E-state index in [1.54, 1.807) is 38.1 Å². The minimum atomic E-state index is -0.646. The molecule has 6 heteroatoms. The molecule has 2 rings (SSSR count). The zero-order valence-corrected chi connectivity index (χ0v) is 13.8. The first kappa shape index (κ1) is 17.9. The second-order valence-corrected chi connectivity index (χ2v) is 5.47. The minimum Gasteiger partial charge on any atom is -0.495 e. The molecule has 0 aliphatic carbocycles. The summed E-state index contributed by atoms with van der Waals surface area (Å²) in [6.45, 7) is 3.38. The lowest BCUT2D eigenvalue weighted by atomic mass is 10.1. The number of anilines is 1. The van der Waals surface area contributed by atoms with E-state index in [4.69, 9.17) is 4.74 Å². The molecule has 0 aliphatic rings. The predicted octanol–water partition coefficient (Wildman–Crippen LogP) is 3.65. The number of ether oxygens (including phenoxy) is 1. The second-order valence-electron chi connectivity index (χ2n) is 5.47. The average Bonchev–Trinajstić information content (AvgIpc) is 2.55. The van der Waals surface area contributed by atoms with Crippen molar-refractivity contribution in [2.75, 3.05) is 12.4 Å². The first-order valence-electron chi connectivity index (χ1n) is 7.57. The Hall–Kier alpha value is -2.47. The monoisotopic (exact) mass is 334 g/mol. The highest BCUT2D eigenvalue weighted by Gasteiger charge is 2.19. The predicted molar refractivity (Wildman–Crippen MR) is 89.0 cm³/mol. The van der Waals surface area contributed by atoms with Crippen LogP contribution in [0.15, 0.2) is 42.5 Å². The standard InChI is InChI=1S/C18H20F2N2O2/c1-11(14-9-8-13(19)10-15(14)20)21-12(2)18(23)22-16-6-4-5-7-17(16)24-3/h4-12,21H,1-3H3,(H,22,23)/t11-,12-/m1/s1. The van der Waals surface area contributed by atoms with E-state index < -0.39 is 23.7 Å². The van der Waals surface area contributed by atoms with Gasteiger partial charge in [-0.15, -0.1) is 0 Å². The summed E-state index contributed by atoms with van der Waals surface area (Å²) in [5, 5.41) is 5.76. The Morgan fingerprint density at radius 2 is 1.83 bits per heavy atom. The third kappa shape index (κ3) is 4.29. The van der Waals surface area contributed by atoms with Gasteiger partial charge in [-0.1, -0.05) is 18.2 Å². The lowest BCUT2D eigenvalue weighted by molar-refractivity contribution is -0.118. The van der Waals surface area contributed by atoms with Gasteiger partial charge in [-0.25, -0.2) is 8.78 Å². The van der Waals surface area contributed by atoms with E-state index in [1.165, 1.54) is 19.2 Å². The first-order valence-corrected chi connectivity index (χ1v) is 7.57. The van der Waals surface area contributed by atoms with Crippen LogP contribution >= 0.6 is 0 Å². The van der Waals surface area contributed by atoms with E-state index in [9.17, 15) is 13.6 Å². The second kappa shape index (κ2) is 7.88. The van der Waals surface area contributed by atoms with Crippen LogP contribution in [-0.4, -0.2) is 19.1 Å². The molecule has 2 N–H and O–H groups in total. The fourth-order valence-electron chi connectivity index (χ4n) is 2.38. The zero-order chi connectivity index (χ0) is 17.7. The molecular weight excluding hydrogens is 314 g/mol. The van der Waals surface area contributed by atoms with Crippen LogP contribution in [0.25, 0.3) is 0 Å². The molecule has 0 fully saturated rings. The van der Waals surface area contributed by atoms with Gasteiger partial charge in [-0.2, -0.15) is 0 Å². The van der Waals surface area contributed by atoms with E-state index in [0.717, 1.165) is 6.07 Å². The highest BCUT2D eigenvalue weighted by atomic mass is 19.1. The van der Waals surface area contributed by atoms with Crippen LogP contribution in [0.4, 0.5) is 14.5 Å². The molecule has 0 radical (unpaired) electrons. The number of amides is 1. The Balaban J connectivity index is 2.03. The molecule has 2 aromatic carbocycles. The topological polar surface area (TPSA) is 50.4 Å². The summed E-state index contributed by atoms with van der Waals surface area (Å²) in [5.74, 6) is -1.01. The van der Waals surface area contributed by atoms with Crippen molar-refractivity contribution in [2.45, 2.75) is 25.9 Å². The van der Waals surface area contributed by atoms with Gasteiger partial charge in [0, 0.05) is 17.7 Å². The molecule has 128 valence electrons. The van der Waals surface area contributed by atoms with E-state index in [-0.39, 0.29) is 5.91 Å². The lowest BCUT2D eigenvalue weighted by Crippen LogP contribution is -2.39. The molecule has 2 atom stereocenters. The molecular formula is C18H20F2N2O2. The summed E-state index contributed by atoms with van der Waals surface area (Å²) in [5.41, 5.74) is 0.854. The van der Waals surface area contributed by atoms with Crippen molar-refractivity contribution >= 4 is 11.6 Å². The van der Waals surface area contributed by atoms with E-state index in [1.807, 2.05) is 0 Å². The summed E-state index contributed by atoms with van der Waals surface area (Å²) in [4.78, 5) is 12.3. The van der Waals surface area contributed by atoms with Crippen molar-refractivity contribution in [1.29, 1.82) is 0 Å². The maximum absolute atomic E-state index is 13.8. The SMILES string of the molecule is COc1ccccc1NC(=O)[C@@H](C)N[C@H](C)c1ccc(F)cc1F. The summed E-state index contributed by atoms with van der Waals surface area (Å²) in [6.07, 6.45) is 0. The molecule has 0 heterocycles. The van der Waals surface area contributed by atoms with E-state index >= 15 is 0 Å². The van der Waals surface area contributed by atoms with Gasteiger partial charge in [0.2, 0.25) is 5.91 Å². The molecule has 0 saturated heterocycles. The quantitative estimate of drug-likeness (QED) is 0.848. The summed E-state index contributed by atoms with van der Waals surface area (Å²) in [6, 6.07) is 9.40. The smallest absolute Gasteiger partial charge is 0.241 e. The largest absolute Gasteiger partial charge is 0.495 e. The molecule has 0 saturated carbocycles. The van der Waals surface area contributed by atoms with Crippen molar-refractivity contribution in [2.24, 2.45) is 0 Å². The molecule has 1 amide bonds. The Morgan fingerprint density at radius 1 is 1.12 bits per heavy atom. The maximum atomic E-state index is 13.8. The Kier molecular flexibility index (Phi) is 5.87. The zero-order valence-electron chi connectivity index (χ0n) is 13.8. The van der Waals surface area contributed by atoms with Gasteiger partial charge in [-0.3, -0.25) is 10.1 Å². The molecule has 0 unspecified atom stereocenters. The minimum absolute atomic E-state index is 0.283. The number of hydrogen-bond acceptors (Lipinski definition) is 3. The van der Waals surface area contributed by atoms with Crippen LogP contribution in [-0.2, 0) is 4.79 Å². The number of carbonyl (C=O) groups excluding carboxylic acids is 1. The number of halogens is 2. The highest BCUT2D eigenvalue weighted by molar-refractivity contribution is 5.95. The third-order valence-electron chi connectivity index (χ3n) is 3.69. The molecule has 24 heavy (non-hydrogen) atoms. The van der Waals surface area contributed by atoms with Crippen molar-refractivity contribution < 1.29 is 18.3 Å². The highest BCUT2D eigenvalue weighted by Crippen LogP contribution is 2.23. The maximum Gasteiger partial charge on any atom is 0.241 e. The van der Waals surface area contributed by atoms with Gasteiger partial charge in [-0.05, 0) is 32.0 Å². The van der Waals surface area contributed by atoms with Crippen molar-refractivity contribution in [3.05, 3.63) is 59.7 Å². The molecule has 0 aliphatic heterocycles. The average molecular weight is 334 g/mol. The molecule has 0 bridgehead atoms. The van der Waals surface area contributed by atoms with Gasteiger partial charge in [0.25, 0.3) is 0 Å². The van der Waals surface area contributed by atoms with Crippen LogP contribution in [0, 0.1) is 11.6 Å². The Labute approximate surface area is 139 Å². The fraction of sp³-hybridized carbons (Fsp3) is 0.278.